The first-order chi connectivity index (χ1) is 5.22. The van der Waals surface area contributed by atoms with Crippen molar-refractivity contribution in [3.63, 3.8) is 0 Å². The molecule has 0 saturated carbocycles. The first-order valence-electron chi connectivity index (χ1n) is 4.47. The summed E-state index contributed by atoms with van der Waals surface area (Å²) in [5, 5.41) is 7.48. The van der Waals surface area contributed by atoms with Gasteiger partial charge in [-0.2, -0.15) is 0 Å². The lowest BCUT2D eigenvalue weighted by atomic mass is 9.94. The van der Waals surface area contributed by atoms with Crippen LogP contribution < -0.4 is 5.73 Å². The van der Waals surface area contributed by atoms with Crippen LogP contribution in [0.15, 0.2) is 0 Å². The molecule has 2 nitrogen and oxygen atoms in total. The molecular weight excluding hydrogens is 136 g/mol. The molecule has 0 aromatic carbocycles. The van der Waals surface area contributed by atoms with Crippen molar-refractivity contribution < 1.29 is 0 Å². The number of hydrogen-bond donors (Lipinski definition) is 2. The van der Waals surface area contributed by atoms with Gasteiger partial charge in [0.15, 0.2) is 0 Å². The van der Waals surface area contributed by atoms with E-state index in [1.807, 2.05) is 6.92 Å². The van der Waals surface area contributed by atoms with Gasteiger partial charge in [0, 0.05) is 5.71 Å². The zero-order valence-corrected chi connectivity index (χ0v) is 7.69. The maximum Gasteiger partial charge on any atom is 0.00895 e. The monoisotopic (exact) mass is 156 g/mol. The van der Waals surface area contributed by atoms with E-state index in [1.165, 1.54) is 12.8 Å². The number of rotatable bonds is 6. The summed E-state index contributed by atoms with van der Waals surface area (Å²) in [5.41, 5.74) is 6.24. The Balaban J connectivity index is 3.60. The van der Waals surface area contributed by atoms with Crippen molar-refractivity contribution in [1.29, 1.82) is 5.41 Å². The summed E-state index contributed by atoms with van der Waals surface area (Å²) >= 11 is 0. The second-order valence-electron chi connectivity index (χ2n) is 3.10. The lowest BCUT2D eigenvalue weighted by molar-refractivity contribution is 0.547. The van der Waals surface area contributed by atoms with Crippen LogP contribution in [0.5, 0.6) is 0 Å². The summed E-state index contributed by atoms with van der Waals surface area (Å²) in [7, 11) is 0. The summed E-state index contributed by atoms with van der Waals surface area (Å²) in [6.45, 7) is 4.78. The molecule has 0 rings (SSSR count). The molecule has 0 saturated heterocycles. The van der Waals surface area contributed by atoms with Gasteiger partial charge in [-0.15, -0.1) is 0 Å². The second-order valence-corrected chi connectivity index (χ2v) is 3.10. The maximum atomic E-state index is 7.48. The van der Waals surface area contributed by atoms with Gasteiger partial charge in [-0.25, -0.2) is 0 Å². The molecule has 0 heterocycles. The average Bonchev–Trinajstić information content (AvgIpc) is 1.97. The van der Waals surface area contributed by atoms with Crippen molar-refractivity contribution in [3.05, 3.63) is 0 Å². The third kappa shape index (κ3) is 4.96. The van der Waals surface area contributed by atoms with E-state index in [0.29, 0.717) is 12.5 Å². The Kier molecular flexibility index (Phi) is 6.13. The van der Waals surface area contributed by atoms with E-state index in [4.69, 9.17) is 11.1 Å². The quantitative estimate of drug-likeness (QED) is 0.569. The number of nitrogens with one attached hydrogen (secondary N) is 1. The highest BCUT2D eigenvalue weighted by Gasteiger charge is 2.08. The minimum Gasteiger partial charge on any atom is -0.330 e. The van der Waals surface area contributed by atoms with Crippen molar-refractivity contribution in [3.8, 4) is 0 Å². The van der Waals surface area contributed by atoms with Crippen LogP contribution in [-0.4, -0.2) is 12.3 Å². The van der Waals surface area contributed by atoms with Crippen molar-refractivity contribution in [2.24, 2.45) is 11.7 Å². The SMILES string of the molecule is CCCCC(CCN)C(C)=N. The normalized spacial score (nSPS) is 13.0. The van der Waals surface area contributed by atoms with Gasteiger partial charge in [-0.1, -0.05) is 19.8 Å². The fourth-order valence-electron chi connectivity index (χ4n) is 1.23. The van der Waals surface area contributed by atoms with E-state index in [9.17, 15) is 0 Å². The van der Waals surface area contributed by atoms with Crippen molar-refractivity contribution in [2.45, 2.75) is 39.5 Å². The summed E-state index contributed by atoms with van der Waals surface area (Å²) < 4.78 is 0. The van der Waals surface area contributed by atoms with Gasteiger partial charge >= 0.3 is 0 Å². The van der Waals surface area contributed by atoms with Gasteiger partial charge in [0.2, 0.25) is 0 Å². The van der Waals surface area contributed by atoms with Gasteiger partial charge in [0.05, 0.1) is 0 Å². The van der Waals surface area contributed by atoms with Crippen LogP contribution in [0.25, 0.3) is 0 Å². The topological polar surface area (TPSA) is 49.9 Å². The minimum absolute atomic E-state index is 0.444. The van der Waals surface area contributed by atoms with Crippen LogP contribution in [0, 0.1) is 11.3 Å². The molecule has 0 aliphatic rings. The highest BCUT2D eigenvalue weighted by molar-refractivity contribution is 5.81. The van der Waals surface area contributed by atoms with Crippen LogP contribution in [0.2, 0.25) is 0 Å². The minimum atomic E-state index is 0.444. The third-order valence-electron chi connectivity index (χ3n) is 2.03. The molecule has 11 heavy (non-hydrogen) atoms. The zero-order chi connectivity index (χ0) is 8.69. The largest absolute Gasteiger partial charge is 0.330 e. The van der Waals surface area contributed by atoms with E-state index in [1.54, 1.807) is 0 Å². The van der Waals surface area contributed by atoms with Crippen LogP contribution in [-0.2, 0) is 0 Å². The Morgan fingerprint density at radius 3 is 2.45 bits per heavy atom. The maximum absolute atomic E-state index is 7.48. The summed E-state index contributed by atoms with van der Waals surface area (Å²) in [5.74, 6) is 0.444. The number of unbranched alkanes of at least 4 members (excludes halogenated alkanes) is 1. The molecule has 2 heteroatoms. The molecule has 0 aliphatic heterocycles. The van der Waals surface area contributed by atoms with Gasteiger partial charge in [0.25, 0.3) is 0 Å². The predicted octanol–water partition coefficient (Wildman–Crippen LogP) is 2.18. The van der Waals surface area contributed by atoms with E-state index in [2.05, 4.69) is 6.92 Å². The lowest BCUT2D eigenvalue weighted by Gasteiger charge is -2.13. The van der Waals surface area contributed by atoms with Gasteiger partial charge in [-0.05, 0) is 32.2 Å². The molecule has 0 aromatic heterocycles. The lowest BCUT2D eigenvalue weighted by Crippen LogP contribution is -2.15. The molecule has 0 bridgehead atoms. The Morgan fingerprint density at radius 1 is 1.45 bits per heavy atom. The average molecular weight is 156 g/mol. The molecule has 0 fully saturated rings. The third-order valence-corrected chi connectivity index (χ3v) is 2.03. The first kappa shape index (κ1) is 10.6. The molecular formula is C9H20N2. The summed E-state index contributed by atoms with van der Waals surface area (Å²) in [6, 6.07) is 0. The molecule has 0 radical (unpaired) electrons. The van der Waals surface area contributed by atoms with Crippen LogP contribution >= 0.6 is 0 Å². The first-order valence-corrected chi connectivity index (χ1v) is 4.47. The Morgan fingerprint density at radius 2 is 2.09 bits per heavy atom. The Hall–Kier alpha value is -0.370. The van der Waals surface area contributed by atoms with Crippen LogP contribution in [0.1, 0.15) is 39.5 Å². The van der Waals surface area contributed by atoms with Crippen molar-refractivity contribution in [1.82, 2.24) is 0 Å². The number of nitrogens with two attached hydrogens (primary N) is 1. The van der Waals surface area contributed by atoms with E-state index in [0.717, 1.165) is 18.6 Å². The number of hydrogen-bond acceptors (Lipinski definition) is 2. The molecule has 0 spiro atoms. The predicted molar refractivity (Wildman–Crippen MR) is 50.1 cm³/mol. The van der Waals surface area contributed by atoms with Crippen molar-refractivity contribution >= 4 is 5.71 Å². The molecule has 0 aromatic rings. The van der Waals surface area contributed by atoms with Gasteiger partial charge in [0.1, 0.15) is 0 Å². The van der Waals surface area contributed by atoms with Crippen LogP contribution in [0.3, 0.4) is 0 Å². The van der Waals surface area contributed by atoms with E-state index >= 15 is 0 Å². The second kappa shape index (κ2) is 6.35. The molecule has 1 atom stereocenters. The smallest absolute Gasteiger partial charge is 0.00895 e. The van der Waals surface area contributed by atoms with Gasteiger partial charge in [-0.3, -0.25) is 0 Å². The molecule has 66 valence electrons. The zero-order valence-electron chi connectivity index (χ0n) is 7.69. The van der Waals surface area contributed by atoms with Gasteiger partial charge < -0.3 is 11.1 Å². The van der Waals surface area contributed by atoms with E-state index < -0.39 is 0 Å². The van der Waals surface area contributed by atoms with Crippen LogP contribution in [0.4, 0.5) is 0 Å². The molecule has 0 amide bonds. The molecule has 3 N–H and O–H groups in total. The summed E-state index contributed by atoms with van der Waals surface area (Å²) in [6.07, 6.45) is 4.56. The Bertz CT molecular complexity index is 110. The fraction of sp³-hybridized carbons (Fsp3) is 0.889. The summed E-state index contributed by atoms with van der Waals surface area (Å²) in [4.78, 5) is 0. The highest BCUT2D eigenvalue weighted by atomic mass is 14.5. The van der Waals surface area contributed by atoms with E-state index in [-0.39, 0.29) is 0 Å². The molecule has 0 aliphatic carbocycles. The highest BCUT2D eigenvalue weighted by Crippen LogP contribution is 2.12. The molecule has 1 unspecified atom stereocenters. The fourth-order valence-corrected chi connectivity index (χ4v) is 1.23. The standard InChI is InChI=1S/C9H20N2/c1-3-4-5-9(6-7-10)8(2)11/h9,11H,3-7,10H2,1-2H3. The van der Waals surface area contributed by atoms with Crippen molar-refractivity contribution in [2.75, 3.05) is 6.54 Å². The Labute approximate surface area is 69.7 Å².